The van der Waals surface area contributed by atoms with Crippen LogP contribution in [0.25, 0.3) is 21.7 Å². The first-order valence-electron chi connectivity index (χ1n) is 7.47. The van der Waals surface area contributed by atoms with Gasteiger partial charge in [0.05, 0.1) is 31.7 Å². The Kier molecular flexibility index (Phi) is 3.96. The highest BCUT2D eigenvalue weighted by molar-refractivity contribution is 6.07. The number of hydrogen-bond donors (Lipinski definition) is 1. The Morgan fingerprint density at radius 1 is 1.04 bits per heavy atom. The normalized spacial score (nSPS) is 11.1. The van der Waals surface area contributed by atoms with Crippen molar-refractivity contribution in [2.45, 2.75) is 20.1 Å². The molecule has 3 aromatic rings. The van der Waals surface area contributed by atoms with Crippen molar-refractivity contribution in [1.82, 2.24) is 4.57 Å². The molecule has 1 heterocycles. The van der Waals surface area contributed by atoms with E-state index in [4.69, 9.17) is 9.47 Å². The topological polar surface area (TPSA) is 60.7 Å². The van der Waals surface area contributed by atoms with Gasteiger partial charge in [-0.3, -0.25) is 4.79 Å². The van der Waals surface area contributed by atoms with Crippen LogP contribution in [0.2, 0.25) is 0 Å². The lowest BCUT2D eigenvalue weighted by Crippen LogP contribution is -2.21. The molecule has 0 saturated carbocycles. The average Bonchev–Trinajstić information content (AvgIpc) is 2.60. The Balaban J connectivity index is 2.59. The number of para-hydroxylation sites is 1. The number of rotatable bonds is 4. The summed E-state index contributed by atoms with van der Waals surface area (Å²) in [6, 6.07) is 9.20. The maximum atomic E-state index is 12.9. The lowest BCUT2D eigenvalue weighted by Gasteiger charge is -2.16. The number of ether oxygens (including phenoxy) is 2. The summed E-state index contributed by atoms with van der Waals surface area (Å²) in [7, 11) is 3.12. The van der Waals surface area contributed by atoms with E-state index >= 15 is 0 Å². The highest BCUT2D eigenvalue weighted by atomic mass is 16.5. The van der Waals surface area contributed by atoms with E-state index in [2.05, 4.69) is 0 Å². The van der Waals surface area contributed by atoms with Crippen molar-refractivity contribution >= 4 is 21.7 Å². The van der Waals surface area contributed by atoms with Crippen LogP contribution in [-0.2, 0) is 13.2 Å². The van der Waals surface area contributed by atoms with Crippen molar-refractivity contribution in [3.63, 3.8) is 0 Å². The smallest absolute Gasteiger partial charge is 0.259 e. The molecule has 0 aliphatic heterocycles. The van der Waals surface area contributed by atoms with Gasteiger partial charge in [0.15, 0.2) is 11.5 Å². The van der Waals surface area contributed by atoms with Crippen LogP contribution in [0.1, 0.15) is 12.5 Å². The molecule has 1 N–H and O–H groups in total. The molecule has 0 aliphatic rings. The Hall–Kier alpha value is -2.53. The van der Waals surface area contributed by atoms with Gasteiger partial charge in [-0.15, -0.1) is 0 Å². The van der Waals surface area contributed by atoms with Crippen LogP contribution in [0.5, 0.6) is 11.5 Å². The molecule has 0 saturated heterocycles. The molecular weight excluding hydrogens is 294 g/mol. The molecule has 1 aromatic heterocycles. The number of hydrogen-bond acceptors (Lipinski definition) is 4. The van der Waals surface area contributed by atoms with E-state index in [0.29, 0.717) is 23.4 Å². The Morgan fingerprint density at radius 3 is 2.26 bits per heavy atom. The van der Waals surface area contributed by atoms with Crippen molar-refractivity contribution in [1.29, 1.82) is 0 Å². The summed E-state index contributed by atoms with van der Waals surface area (Å²) in [6.45, 7) is 2.33. The quantitative estimate of drug-likeness (QED) is 0.752. The minimum absolute atomic E-state index is 0.100. The third-order valence-electron chi connectivity index (χ3n) is 4.17. The van der Waals surface area contributed by atoms with Crippen molar-refractivity contribution in [2.75, 3.05) is 14.2 Å². The third kappa shape index (κ3) is 2.24. The van der Waals surface area contributed by atoms with Crippen LogP contribution in [0.4, 0.5) is 0 Å². The number of aliphatic hydroxyl groups excluding tert-OH is 1. The first kappa shape index (κ1) is 15.4. The molecule has 0 atom stereocenters. The molecule has 0 bridgehead atoms. The maximum absolute atomic E-state index is 12.9. The molecule has 0 radical (unpaired) electrons. The largest absolute Gasteiger partial charge is 0.493 e. The molecule has 5 heteroatoms. The van der Waals surface area contributed by atoms with Gasteiger partial charge in [0, 0.05) is 22.9 Å². The predicted molar refractivity (Wildman–Crippen MR) is 90.4 cm³/mol. The van der Waals surface area contributed by atoms with Crippen LogP contribution in [0.3, 0.4) is 0 Å². The fraction of sp³-hybridized carbons (Fsp3) is 0.278. The average molecular weight is 313 g/mol. The summed E-state index contributed by atoms with van der Waals surface area (Å²) in [5, 5.41) is 11.9. The van der Waals surface area contributed by atoms with Gasteiger partial charge in [-0.1, -0.05) is 18.2 Å². The molecular formula is C18H19NO4. The minimum atomic E-state index is -0.115. The molecule has 5 nitrogen and oxygen atoms in total. The number of aromatic nitrogens is 1. The Morgan fingerprint density at radius 2 is 1.70 bits per heavy atom. The fourth-order valence-corrected chi connectivity index (χ4v) is 3.08. The second-order valence-electron chi connectivity index (χ2n) is 5.27. The summed E-state index contributed by atoms with van der Waals surface area (Å²) < 4.78 is 12.4. The number of nitrogens with zero attached hydrogens (tertiary/aromatic N) is 1. The molecule has 0 aliphatic carbocycles. The highest BCUT2D eigenvalue weighted by Gasteiger charge is 2.16. The second kappa shape index (κ2) is 5.93. The number of pyridine rings is 1. The van der Waals surface area contributed by atoms with Crippen LogP contribution in [-0.4, -0.2) is 23.9 Å². The lowest BCUT2D eigenvalue weighted by molar-refractivity contribution is 0.283. The van der Waals surface area contributed by atoms with Gasteiger partial charge in [0.25, 0.3) is 5.56 Å². The van der Waals surface area contributed by atoms with Crippen molar-refractivity contribution < 1.29 is 14.6 Å². The Bertz CT molecular complexity index is 943. The van der Waals surface area contributed by atoms with Crippen LogP contribution < -0.4 is 15.0 Å². The van der Waals surface area contributed by atoms with Crippen LogP contribution in [0.15, 0.2) is 35.1 Å². The molecule has 2 aromatic carbocycles. The minimum Gasteiger partial charge on any atom is -0.493 e. The summed E-state index contributed by atoms with van der Waals surface area (Å²) in [5.74, 6) is 1.10. The lowest BCUT2D eigenvalue weighted by atomic mass is 10.0. The van der Waals surface area contributed by atoms with Crippen molar-refractivity contribution in [3.05, 3.63) is 46.2 Å². The molecule has 0 unspecified atom stereocenters. The first-order valence-corrected chi connectivity index (χ1v) is 7.47. The highest BCUT2D eigenvalue weighted by Crippen LogP contribution is 2.34. The molecule has 0 fully saturated rings. The van der Waals surface area contributed by atoms with Gasteiger partial charge in [0.2, 0.25) is 0 Å². The van der Waals surface area contributed by atoms with Gasteiger partial charge >= 0.3 is 0 Å². The monoisotopic (exact) mass is 313 g/mol. The van der Waals surface area contributed by atoms with Crippen LogP contribution >= 0.6 is 0 Å². The number of fused-ring (bicyclic) bond motifs is 3. The van der Waals surface area contributed by atoms with E-state index < -0.39 is 0 Å². The predicted octanol–water partition coefficient (Wildman–Crippen LogP) is 2.68. The molecule has 0 spiro atoms. The molecule has 23 heavy (non-hydrogen) atoms. The Labute approximate surface area is 133 Å². The zero-order chi connectivity index (χ0) is 16.6. The SMILES string of the molecule is CCn1c(=O)c2cc(OC)c(OC)cc2c2cccc(CO)c21. The van der Waals surface area contributed by atoms with E-state index in [0.717, 1.165) is 21.9 Å². The standard InChI is InChI=1S/C18H19NO4/c1-4-19-17-11(10-20)6-5-7-12(17)13-8-15(22-2)16(23-3)9-14(13)18(19)21/h5-9,20H,4,10H2,1-3H3. The molecule has 0 amide bonds. The maximum Gasteiger partial charge on any atom is 0.259 e. The first-order chi connectivity index (χ1) is 11.2. The molecule has 3 rings (SSSR count). The number of methoxy groups -OCH3 is 2. The fourth-order valence-electron chi connectivity index (χ4n) is 3.08. The summed E-state index contributed by atoms with van der Waals surface area (Å²) >= 11 is 0. The van der Waals surface area contributed by atoms with Crippen LogP contribution in [0, 0.1) is 0 Å². The zero-order valence-electron chi connectivity index (χ0n) is 13.4. The third-order valence-corrected chi connectivity index (χ3v) is 4.17. The van der Waals surface area contributed by atoms with E-state index in [-0.39, 0.29) is 12.2 Å². The van der Waals surface area contributed by atoms with Gasteiger partial charge < -0.3 is 19.1 Å². The van der Waals surface area contributed by atoms with E-state index in [9.17, 15) is 9.90 Å². The van der Waals surface area contributed by atoms with Crippen molar-refractivity contribution in [3.8, 4) is 11.5 Å². The number of aryl methyl sites for hydroxylation is 1. The second-order valence-corrected chi connectivity index (χ2v) is 5.27. The molecule has 120 valence electrons. The summed E-state index contributed by atoms with van der Waals surface area (Å²) in [6.07, 6.45) is 0. The number of benzene rings is 2. The van der Waals surface area contributed by atoms with Gasteiger partial charge in [-0.2, -0.15) is 0 Å². The summed E-state index contributed by atoms with van der Waals surface area (Å²) in [5.41, 5.74) is 1.40. The van der Waals surface area contributed by atoms with E-state index in [1.165, 1.54) is 0 Å². The van der Waals surface area contributed by atoms with Gasteiger partial charge in [0.1, 0.15) is 0 Å². The van der Waals surface area contributed by atoms with Gasteiger partial charge in [-0.25, -0.2) is 0 Å². The van der Waals surface area contributed by atoms with E-state index in [1.807, 2.05) is 31.2 Å². The van der Waals surface area contributed by atoms with Gasteiger partial charge in [-0.05, 0) is 19.1 Å². The van der Waals surface area contributed by atoms with E-state index in [1.54, 1.807) is 24.9 Å². The number of aliphatic hydroxyl groups is 1. The van der Waals surface area contributed by atoms with Crippen molar-refractivity contribution in [2.24, 2.45) is 0 Å². The summed E-state index contributed by atoms with van der Waals surface area (Å²) in [4.78, 5) is 12.9. The zero-order valence-corrected chi connectivity index (χ0v) is 13.4.